The molecule has 128 valence electrons. The first-order chi connectivity index (χ1) is 12.1. The highest BCUT2D eigenvalue weighted by molar-refractivity contribution is 7.19. The molecule has 0 spiro atoms. The minimum atomic E-state index is -0.410. The molecule has 1 aliphatic carbocycles. The van der Waals surface area contributed by atoms with Crippen LogP contribution in [-0.4, -0.2) is 27.4 Å². The number of hydrogen-bond acceptors (Lipinski definition) is 6. The first kappa shape index (κ1) is 16.0. The number of thiophene rings is 1. The predicted molar refractivity (Wildman–Crippen MR) is 99.5 cm³/mol. The summed E-state index contributed by atoms with van der Waals surface area (Å²) in [6, 6.07) is 3.79. The molecular weight excluding hydrogens is 334 g/mol. The minimum Gasteiger partial charge on any atom is -0.368 e. The fourth-order valence-electron chi connectivity index (χ4n) is 3.27. The van der Waals surface area contributed by atoms with Crippen molar-refractivity contribution in [3.05, 3.63) is 35.0 Å². The van der Waals surface area contributed by atoms with Gasteiger partial charge in [-0.25, -0.2) is 9.97 Å². The van der Waals surface area contributed by atoms with E-state index in [-0.39, 0.29) is 6.54 Å². The number of primary amides is 1. The van der Waals surface area contributed by atoms with Crippen molar-refractivity contribution in [2.24, 2.45) is 11.7 Å². The van der Waals surface area contributed by atoms with Gasteiger partial charge >= 0.3 is 0 Å². The van der Waals surface area contributed by atoms with E-state index >= 15 is 0 Å². The maximum atomic E-state index is 11.2. The van der Waals surface area contributed by atoms with E-state index in [1.165, 1.54) is 16.9 Å². The van der Waals surface area contributed by atoms with Crippen molar-refractivity contribution in [3.8, 4) is 11.4 Å². The molecule has 0 aromatic carbocycles. The molecule has 0 bridgehead atoms. The Bertz CT molecular complexity index is 938. The van der Waals surface area contributed by atoms with Crippen LogP contribution >= 0.6 is 11.3 Å². The van der Waals surface area contributed by atoms with Crippen LogP contribution in [0.4, 0.5) is 5.82 Å². The number of nitrogens with zero attached hydrogens (tertiary/aromatic N) is 3. The summed E-state index contributed by atoms with van der Waals surface area (Å²) in [6.07, 6.45) is 6.73. The zero-order valence-corrected chi connectivity index (χ0v) is 14.8. The van der Waals surface area contributed by atoms with Crippen LogP contribution in [-0.2, 0) is 17.6 Å². The molecule has 0 aliphatic heterocycles. The lowest BCUT2D eigenvalue weighted by Crippen LogP contribution is -2.22. The summed E-state index contributed by atoms with van der Waals surface area (Å²) in [5, 5.41) is 4.15. The van der Waals surface area contributed by atoms with Crippen LogP contribution < -0.4 is 11.1 Å². The number of pyridine rings is 1. The SMILES string of the molecule is C[C@H]1CCc2c(sc3nc(-c4cccnc4)nc(NCC(N)=O)c23)C1. The lowest BCUT2D eigenvalue weighted by atomic mass is 9.89. The highest BCUT2D eigenvalue weighted by Gasteiger charge is 2.24. The lowest BCUT2D eigenvalue weighted by molar-refractivity contribution is -0.116. The predicted octanol–water partition coefficient (Wildman–Crippen LogP) is 2.78. The average molecular weight is 353 g/mol. The third kappa shape index (κ3) is 3.07. The van der Waals surface area contributed by atoms with E-state index in [4.69, 9.17) is 10.7 Å². The fourth-order valence-corrected chi connectivity index (χ4v) is 4.65. The normalized spacial score (nSPS) is 16.6. The van der Waals surface area contributed by atoms with E-state index < -0.39 is 5.91 Å². The first-order valence-corrected chi connectivity index (χ1v) is 9.18. The van der Waals surface area contributed by atoms with Crippen LogP contribution in [0.3, 0.4) is 0 Å². The Balaban J connectivity index is 1.88. The summed E-state index contributed by atoms with van der Waals surface area (Å²) < 4.78 is 0. The van der Waals surface area contributed by atoms with Crippen molar-refractivity contribution in [3.63, 3.8) is 0 Å². The van der Waals surface area contributed by atoms with Crippen molar-refractivity contribution >= 4 is 33.3 Å². The van der Waals surface area contributed by atoms with Gasteiger partial charge in [0, 0.05) is 22.8 Å². The Morgan fingerprint density at radius 2 is 2.32 bits per heavy atom. The maximum absolute atomic E-state index is 11.2. The standard InChI is InChI=1S/C18H19N5OS/c1-10-4-5-12-13(7-10)25-18-15(12)17(21-9-14(19)24)22-16(23-18)11-3-2-6-20-8-11/h2-3,6,8,10H,4-5,7,9H2,1H3,(H2,19,24)(H,21,22,23)/t10-/m0/s1. The van der Waals surface area contributed by atoms with Gasteiger partial charge in [-0.3, -0.25) is 9.78 Å². The highest BCUT2D eigenvalue weighted by atomic mass is 32.1. The molecule has 1 atom stereocenters. The van der Waals surface area contributed by atoms with Gasteiger partial charge in [-0.2, -0.15) is 0 Å². The molecule has 0 unspecified atom stereocenters. The smallest absolute Gasteiger partial charge is 0.236 e. The number of nitrogens with two attached hydrogens (primary N) is 1. The van der Waals surface area contributed by atoms with Crippen LogP contribution in [0.5, 0.6) is 0 Å². The number of carbonyl (C=O) groups is 1. The van der Waals surface area contributed by atoms with E-state index in [1.807, 2.05) is 12.1 Å². The van der Waals surface area contributed by atoms with Crippen LogP contribution in [0.25, 0.3) is 21.6 Å². The van der Waals surface area contributed by atoms with Crippen molar-refractivity contribution in [2.45, 2.75) is 26.2 Å². The van der Waals surface area contributed by atoms with E-state index in [0.717, 1.165) is 28.6 Å². The van der Waals surface area contributed by atoms with E-state index in [2.05, 4.69) is 22.2 Å². The summed E-state index contributed by atoms with van der Waals surface area (Å²) in [5.74, 6) is 1.58. The minimum absolute atomic E-state index is 0.0552. The zero-order valence-electron chi connectivity index (χ0n) is 14.0. The summed E-state index contributed by atoms with van der Waals surface area (Å²) in [4.78, 5) is 27.2. The van der Waals surface area contributed by atoms with Crippen LogP contribution in [0.15, 0.2) is 24.5 Å². The lowest BCUT2D eigenvalue weighted by Gasteiger charge is -2.18. The molecule has 1 amide bonds. The second-order valence-electron chi connectivity index (χ2n) is 6.49. The molecule has 3 aromatic heterocycles. The van der Waals surface area contributed by atoms with Crippen LogP contribution in [0.2, 0.25) is 0 Å². The number of aryl methyl sites for hydroxylation is 1. The summed E-state index contributed by atoms with van der Waals surface area (Å²) in [5.41, 5.74) is 7.49. The van der Waals surface area contributed by atoms with Gasteiger partial charge in [0.25, 0.3) is 0 Å². The second kappa shape index (κ2) is 6.40. The monoisotopic (exact) mass is 353 g/mol. The zero-order chi connectivity index (χ0) is 17.4. The maximum Gasteiger partial charge on any atom is 0.236 e. The molecule has 0 saturated carbocycles. The van der Waals surface area contributed by atoms with Crippen molar-refractivity contribution in [1.82, 2.24) is 15.0 Å². The van der Waals surface area contributed by atoms with Crippen LogP contribution in [0, 0.1) is 5.92 Å². The summed E-state index contributed by atoms with van der Waals surface area (Å²) in [6.45, 7) is 2.34. The Labute approximate surface area is 149 Å². The first-order valence-electron chi connectivity index (χ1n) is 8.36. The molecule has 25 heavy (non-hydrogen) atoms. The number of hydrogen-bond donors (Lipinski definition) is 2. The molecular formula is C18H19N5OS. The number of fused-ring (bicyclic) bond motifs is 3. The molecule has 3 aromatic rings. The number of nitrogens with one attached hydrogen (secondary N) is 1. The van der Waals surface area contributed by atoms with Gasteiger partial charge in [0.05, 0.1) is 11.9 Å². The Kier molecular flexibility index (Phi) is 4.09. The Morgan fingerprint density at radius 1 is 1.44 bits per heavy atom. The topological polar surface area (TPSA) is 93.8 Å². The summed E-state index contributed by atoms with van der Waals surface area (Å²) in [7, 11) is 0. The van der Waals surface area contributed by atoms with Crippen molar-refractivity contribution in [1.29, 1.82) is 0 Å². The Morgan fingerprint density at radius 3 is 3.08 bits per heavy atom. The van der Waals surface area contributed by atoms with E-state index in [0.29, 0.717) is 17.6 Å². The molecule has 0 radical (unpaired) electrons. The molecule has 0 saturated heterocycles. The number of anilines is 1. The molecule has 6 nitrogen and oxygen atoms in total. The number of carbonyl (C=O) groups excluding carboxylic acids is 1. The average Bonchev–Trinajstić information content (AvgIpc) is 2.97. The molecule has 3 heterocycles. The van der Waals surface area contributed by atoms with Crippen molar-refractivity contribution in [2.75, 3.05) is 11.9 Å². The van der Waals surface area contributed by atoms with Gasteiger partial charge in [0.15, 0.2) is 5.82 Å². The van der Waals surface area contributed by atoms with Gasteiger partial charge in [0.2, 0.25) is 5.91 Å². The van der Waals surface area contributed by atoms with E-state index in [9.17, 15) is 4.79 Å². The third-order valence-corrected chi connectivity index (χ3v) is 5.65. The Hall–Kier alpha value is -2.54. The molecule has 7 heteroatoms. The number of aromatic nitrogens is 3. The second-order valence-corrected chi connectivity index (χ2v) is 7.57. The third-order valence-electron chi connectivity index (χ3n) is 4.50. The van der Waals surface area contributed by atoms with Gasteiger partial charge in [0.1, 0.15) is 10.6 Å². The quantitative estimate of drug-likeness (QED) is 0.752. The number of rotatable bonds is 4. The molecule has 0 fully saturated rings. The van der Waals surface area contributed by atoms with Gasteiger partial charge in [-0.15, -0.1) is 11.3 Å². The molecule has 1 aliphatic rings. The fraction of sp³-hybridized carbons (Fsp3) is 0.333. The van der Waals surface area contributed by atoms with Gasteiger partial charge in [-0.1, -0.05) is 6.92 Å². The molecule has 3 N–H and O–H groups in total. The van der Waals surface area contributed by atoms with E-state index in [1.54, 1.807) is 23.7 Å². The highest BCUT2D eigenvalue weighted by Crippen LogP contribution is 2.40. The summed E-state index contributed by atoms with van der Waals surface area (Å²) >= 11 is 1.73. The molecule has 4 rings (SSSR count). The number of amides is 1. The largest absolute Gasteiger partial charge is 0.368 e. The van der Waals surface area contributed by atoms with Crippen LogP contribution in [0.1, 0.15) is 23.8 Å². The van der Waals surface area contributed by atoms with Gasteiger partial charge < -0.3 is 11.1 Å². The van der Waals surface area contributed by atoms with Gasteiger partial charge in [-0.05, 0) is 42.9 Å². The van der Waals surface area contributed by atoms with Crippen molar-refractivity contribution < 1.29 is 4.79 Å².